The summed E-state index contributed by atoms with van der Waals surface area (Å²) in [5, 5.41) is 5.55. The van der Waals surface area contributed by atoms with Gasteiger partial charge in [-0.15, -0.1) is 0 Å². The maximum absolute atomic E-state index is 13.0. The summed E-state index contributed by atoms with van der Waals surface area (Å²) in [5.41, 5.74) is 8.39. The number of nitrogens with one attached hydrogen (secondary N) is 1. The fourth-order valence-corrected chi connectivity index (χ4v) is 0.913. The van der Waals surface area contributed by atoms with Gasteiger partial charge in [-0.05, 0) is 23.7 Å². The first-order chi connectivity index (χ1) is 6.63. The highest BCUT2D eigenvalue weighted by molar-refractivity contribution is 5.89. The summed E-state index contributed by atoms with van der Waals surface area (Å²) in [4.78, 5) is 13.2. The van der Waals surface area contributed by atoms with Gasteiger partial charge in [0.1, 0.15) is 5.82 Å². The zero-order valence-corrected chi connectivity index (χ0v) is 7.36. The highest BCUT2D eigenvalue weighted by Gasteiger charge is 2.03. The number of nitrogens with zero attached hydrogens (tertiary/aromatic N) is 3. The summed E-state index contributed by atoms with van der Waals surface area (Å²) in [7, 11) is 0. The van der Waals surface area contributed by atoms with E-state index in [9.17, 15) is 9.18 Å². The molecule has 6 heteroatoms. The Morgan fingerprint density at radius 3 is 2.93 bits per heavy atom. The number of anilines is 1. The van der Waals surface area contributed by atoms with Crippen LogP contribution in [0.2, 0.25) is 0 Å². The minimum absolute atomic E-state index is 0.00222. The van der Waals surface area contributed by atoms with Crippen LogP contribution in [0.5, 0.6) is 0 Å². The Morgan fingerprint density at radius 1 is 1.64 bits per heavy atom. The minimum atomic E-state index is -0.572. The molecule has 1 aromatic rings. The predicted molar refractivity (Wildman–Crippen MR) is 49.5 cm³/mol. The lowest BCUT2D eigenvalue weighted by molar-refractivity contribution is -0.114. The van der Waals surface area contributed by atoms with Crippen molar-refractivity contribution in [1.29, 1.82) is 0 Å². The van der Waals surface area contributed by atoms with E-state index in [4.69, 9.17) is 5.53 Å². The lowest BCUT2D eigenvalue weighted by Crippen LogP contribution is -2.07. The van der Waals surface area contributed by atoms with Gasteiger partial charge in [-0.25, -0.2) is 4.39 Å². The standard InChI is InChI=1S/C8H7FN4O/c1-5(14)11-8-4-6(12-13-10)2-3-7(8)9/h2-4H,1H3,(H,11,14). The third-order valence-corrected chi connectivity index (χ3v) is 1.42. The molecule has 0 aliphatic heterocycles. The van der Waals surface area contributed by atoms with Crippen LogP contribution in [-0.4, -0.2) is 5.91 Å². The second-order valence-electron chi connectivity index (χ2n) is 2.53. The van der Waals surface area contributed by atoms with Gasteiger partial charge < -0.3 is 5.32 Å². The van der Waals surface area contributed by atoms with E-state index < -0.39 is 5.82 Å². The van der Waals surface area contributed by atoms with Crippen LogP contribution in [-0.2, 0) is 4.79 Å². The second-order valence-corrected chi connectivity index (χ2v) is 2.53. The lowest BCUT2D eigenvalue weighted by Gasteiger charge is -2.03. The zero-order chi connectivity index (χ0) is 10.6. The molecule has 0 saturated carbocycles. The van der Waals surface area contributed by atoms with Crippen molar-refractivity contribution in [3.8, 4) is 0 Å². The molecule has 0 radical (unpaired) electrons. The summed E-state index contributed by atoms with van der Waals surface area (Å²) in [6, 6.07) is 3.70. The van der Waals surface area contributed by atoms with Gasteiger partial charge in [0.05, 0.1) is 5.69 Å². The number of benzene rings is 1. The maximum atomic E-state index is 13.0. The molecule has 1 rings (SSSR count). The summed E-state index contributed by atoms with van der Waals surface area (Å²) < 4.78 is 13.0. The van der Waals surface area contributed by atoms with Crippen LogP contribution in [0.15, 0.2) is 23.3 Å². The van der Waals surface area contributed by atoms with Crippen LogP contribution in [0.4, 0.5) is 15.8 Å². The average Bonchev–Trinajstić information content (AvgIpc) is 2.10. The van der Waals surface area contributed by atoms with Crippen molar-refractivity contribution in [2.24, 2.45) is 5.11 Å². The normalized spacial score (nSPS) is 9.00. The molecular weight excluding hydrogens is 187 g/mol. The van der Waals surface area contributed by atoms with Crippen molar-refractivity contribution >= 4 is 17.3 Å². The third-order valence-electron chi connectivity index (χ3n) is 1.42. The van der Waals surface area contributed by atoms with E-state index in [1.807, 2.05) is 0 Å². The monoisotopic (exact) mass is 194 g/mol. The van der Waals surface area contributed by atoms with Gasteiger partial charge in [-0.1, -0.05) is 5.11 Å². The summed E-state index contributed by atoms with van der Waals surface area (Å²) in [6.07, 6.45) is 0. The fraction of sp³-hybridized carbons (Fsp3) is 0.125. The quantitative estimate of drug-likeness (QED) is 0.438. The second kappa shape index (κ2) is 4.25. The first kappa shape index (κ1) is 10.0. The first-order valence-corrected chi connectivity index (χ1v) is 3.75. The molecule has 0 aromatic heterocycles. The maximum Gasteiger partial charge on any atom is 0.221 e. The van der Waals surface area contributed by atoms with E-state index in [0.29, 0.717) is 0 Å². The van der Waals surface area contributed by atoms with Gasteiger partial charge in [-0.3, -0.25) is 4.79 Å². The van der Waals surface area contributed by atoms with Crippen molar-refractivity contribution in [2.45, 2.75) is 6.92 Å². The van der Waals surface area contributed by atoms with Crippen LogP contribution < -0.4 is 5.32 Å². The average molecular weight is 194 g/mol. The molecule has 14 heavy (non-hydrogen) atoms. The first-order valence-electron chi connectivity index (χ1n) is 3.75. The van der Waals surface area contributed by atoms with E-state index in [1.54, 1.807) is 0 Å². The minimum Gasteiger partial charge on any atom is -0.324 e. The highest BCUT2D eigenvalue weighted by Crippen LogP contribution is 2.21. The molecular formula is C8H7FN4O. The lowest BCUT2D eigenvalue weighted by atomic mass is 10.2. The Balaban J connectivity index is 3.07. The van der Waals surface area contributed by atoms with E-state index >= 15 is 0 Å². The van der Waals surface area contributed by atoms with Gasteiger partial charge in [0.2, 0.25) is 5.91 Å². The van der Waals surface area contributed by atoms with E-state index in [1.165, 1.54) is 19.1 Å². The molecule has 72 valence electrons. The number of carbonyl (C=O) groups is 1. The molecule has 0 heterocycles. The molecule has 0 atom stereocenters. The number of azide groups is 1. The molecule has 0 bridgehead atoms. The molecule has 0 unspecified atom stereocenters. The fourth-order valence-electron chi connectivity index (χ4n) is 0.913. The zero-order valence-electron chi connectivity index (χ0n) is 7.36. The Labute approximate surface area is 79.2 Å². The predicted octanol–water partition coefficient (Wildman–Crippen LogP) is 2.73. The molecule has 0 saturated heterocycles. The third kappa shape index (κ3) is 2.46. The van der Waals surface area contributed by atoms with Gasteiger partial charge >= 0.3 is 0 Å². The van der Waals surface area contributed by atoms with Gasteiger partial charge in [0.15, 0.2) is 0 Å². The topological polar surface area (TPSA) is 77.9 Å². The van der Waals surface area contributed by atoms with Gasteiger partial charge in [-0.2, -0.15) is 0 Å². The molecule has 0 aliphatic rings. The number of hydrogen-bond acceptors (Lipinski definition) is 2. The Hall–Kier alpha value is -2.07. The highest BCUT2D eigenvalue weighted by atomic mass is 19.1. The SMILES string of the molecule is CC(=O)Nc1cc(N=[N+]=[N-])ccc1F. The smallest absolute Gasteiger partial charge is 0.221 e. The number of hydrogen-bond donors (Lipinski definition) is 1. The van der Waals surface area contributed by atoms with Crippen molar-refractivity contribution in [3.63, 3.8) is 0 Å². The van der Waals surface area contributed by atoms with Gasteiger partial charge in [0.25, 0.3) is 0 Å². The Kier molecular flexibility index (Phi) is 3.04. The van der Waals surface area contributed by atoms with E-state index in [-0.39, 0.29) is 17.3 Å². The number of carbonyl (C=O) groups excluding carboxylic acids is 1. The van der Waals surface area contributed by atoms with Gasteiger partial charge in [0, 0.05) is 17.5 Å². The summed E-state index contributed by atoms with van der Waals surface area (Å²) >= 11 is 0. The van der Waals surface area contributed by atoms with Crippen LogP contribution in [0.1, 0.15) is 6.92 Å². The van der Waals surface area contributed by atoms with Crippen molar-refractivity contribution in [1.82, 2.24) is 0 Å². The van der Waals surface area contributed by atoms with Crippen LogP contribution >= 0.6 is 0 Å². The molecule has 0 spiro atoms. The van der Waals surface area contributed by atoms with Crippen LogP contribution in [0.3, 0.4) is 0 Å². The Morgan fingerprint density at radius 2 is 2.36 bits per heavy atom. The van der Waals surface area contributed by atoms with Crippen LogP contribution in [0, 0.1) is 5.82 Å². The van der Waals surface area contributed by atoms with Crippen molar-refractivity contribution in [2.75, 3.05) is 5.32 Å². The van der Waals surface area contributed by atoms with Crippen molar-refractivity contribution in [3.05, 3.63) is 34.5 Å². The molecule has 5 nitrogen and oxygen atoms in total. The van der Waals surface area contributed by atoms with Crippen molar-refractivity contribution < 1.29 is 9.18 Å². The van der Waals surface area contributed by atoms with Crippen LogP contribution in [0.25, 0.3) is 10.4 Å². The summed E-state index contributed by atoms with van der Waals surface area (Å²) in [5.74, 6) is -0.959. The number of halogens is 1. The molecule has 0 fully saturated rings. The molecule has 1 N–H and O–H groups in total. The largest absolute Gasteiger partial charge is 0.324 e. The Bertz CT molecular complexity index is 412. The molecule has 1 aromatic carbocycles. The number of rotatable bonds is 2. The summed E-state index contributed by atoms with van der Waals surface area (Å²) in [6.45, 7) is 1.26. The molecule has 0 aliphatic carbocycles. The number of amides is 1. The van der Waals surface area contributed by atoms with E-state index in [0.717, 1.165) is 6.07 Å². The molecule has 1 amide bonds. The van der Waals surface area contributed by atoms with E-state index in [2.05, 4.69) is 15.3 Å².